The normalized spacial score (nSPS) is 15.3. The van der Waals surface area contributed by atoms with E-state index in [1.165, 1.54) is 23.5 Å². The Bertz CT molecular complexity index is 1810. The van der Waals surface area contributed by atoms with Crippen molar-refractivity contribution >= 4 is 23.4 Å². The van der Waals surface area contributed by atoms with Gasteiger partial charge in [0.2, 0.25) is 0 Å². The monoisotopic (exact) mass is 559 g/mol. The van der Waals surface area contributed by atoms with Crippen LogP contribution in [-0.2, 0) is 9.53 Å². The molecule has 1 atom stereocenters. The van der Waals surface area contributed by atoms with Gasteiger partial charge < -0.3 is 14.0 Å². The molecular weight excluding hydrogens is 529 g/mol. The molecule has 9 heteroatoms. The molecule has 2 aromatic carbocycles. The number of carbonyl (C=O) groups excluding carboxylic acids is 1. The number of nitrogens with zero attached hydrogens (tertiary/aromatic N) is 3. The van der Waals surface area contributed by atoms with Crippen LogP contribution in [0.5, 0.6) is 5.75 Å². The van der Waals surface area contributed by atoms with Crippen LogP contribution in [0, 0.1) is 19.7 Å². The lowest BCUT2D eigenvalue weighted by molar-refractivity contribution is -0.143. The summed E-state index contributed by atoms with van der Waals surface area (Å²) in [6, 6.07) is 14.9. The SMILES string of the molecule is COc1ccc(C2C(C(=O)OC(C)C)=C(C)N=c3sc(=Cc4cc(C)n(-c5ccc(F)cc5)c4C)c(=O)n32)cc1. The van der Waals surface area contributed by atoms with Gasteiger partial charge in [0.1, 0.15) is 11.6 Å². The zero-order chi connectivity index (χ0) is 28.7. The third kappa shape index (κ3) is 4.93. The van der Waals surface area contributed by atoms with Crippen molar-refractivity contribution in [3.63, 3.8) is 0 Å². The van der Waals surface area contributed by atoms with Crippen LogP contribution in [0.2, 0.25) is 0 Å². The first-order valence-corrected chi connectivity index (χ1v) is 13.7. The Morgan fingerprint density at radius 3 is 2.38 bits per heavy atom. The van der Waals surface area contributed by atoms with Crippen molar-refractivity contribution in [1.82, 2.24) is 9.13 Å². The number of hydrogen-bond acceptors (Lipinski definition) is 6. The van der Waals surface area contributed by atoms with Gasteiger partial charge in [-0.2, -0.15) is 0 Å². The average molecular weight is 560 g/mol. The Balaban J connectivity index is 1.67. The summed E-state index contributed by atoms with van der Waals surface area (Å²) in [5.41, 5.74) is 4.89. The summed E-state index contributed by atoms with van der Waals surface area (Å²) in [6.45, 7) is 9.26. The number of esters is 1. The van der Waals surface area contributed by atoms with E-state index >= 15 is 0 Å². The number of methoxy groups -OCH3 is 1. The van der Waals surface area contributed by atoms with Crippen LogP contribution in [0.4, 0.5) is 4.39 Å². The number of fused-ring (bicyclic) bond motifs is 1. The molecule has 1 aliphatic rings. The lowest BCUT2D eigenvalue weighted by Gasteiger charge is -2.25. The fraction of sp³-hybridized carbons (Fsp3) is 0.258. The van der Waals surface area contributed by atoms with Crippen LogP contribution < -0.4 is 19.6 Å². The Kier molecular flexibility index (Phi) is 7.33. The second-order valence-corrected chi connectivity index (χ2v) is 11.0. The highest BCUT2D eigenvalue weighted by molar-refractivity contribution is 7.07. The number of carbonyl (C=O) groups is 1. The zero-order valence-corrected chi connectivity index (χ0v) is 24.0. The first-order valence-electron chi connectivity index (χ1n) is 12.9. The van der Waals surface area contributed by atoms with Crippen molar-refractivity contribution in [3.8, 4) is 11.4 Å². The number of thiazole rings is 1. The third-order valence-corrected chi connectivity index (χ3v) is 7.84. The van der Waals surface area contributed by atoms with Crippen LogP contribution in [0.15, 0.2) is 75.7 Å². The quantitative estimate of drug-likeness (QED) is 0.320. The number of halogens is 1. The number of allylic oxidation sites excluding steroid dienone is 1. The largest absolute Gasteiger partial charge is 0.497 e. The molecular formula is C31H30FN3O4S. The molecule has 0 saturated carbocycles. The Morgan fingerprint density at radius 1 is 1.07 bits per heavy atom. The summed E-state index contributed by atoms with van der Waals surface area (Å²) in [6.07, 6.45) is 1.52. The van der Waals surface area contributed by atoms with Crippen LogP contribution in [0.25, 0.3) is 11.8 Å². The minimum Gasteiger partial charge on any atom is -0.497 e. The molecule has 5 rings (SSSR count). The first kappa shape index (κ1) is 27.3. The molecule has 206 valence electrons. The smallest absolute Gasteiger partial charge is 0.338 e. The Labute approximate surface area is 235 Å². The molecule has 0 fully saturated rings. The number of aryl methyl sites for hydroxylation is 1. The first-order chi connectivity index (χ1) is 19.1. The fourth-order valence-corrected chi connectivity index (χ4v) is 6.06. The number of ether oxygens (including phenoxy) is 2. The van der Waals surface area contributed by atoms with Crippen molar-refractivity contribution in [3.05, 3.63) is 114 Å². The van der Waals surface area contributed by atoms with E-state index in [9.17, 15) is 14.0 Å². The molecule has 2 aromatic heterocycles. The van der Waals surface area contributed by atoms with Gasteiger partial charge in [-0.3, -0.25) is 9.36 Å². The maximum absolute atomic E-state index is 14.0. The molecule has 1 unspecified atom stereocenters. The molecule has 40 heavy (non-hydrogen) atoms. The topological polar surface area (TPSA) is 74.8 Å². The van der Waals surface area contributed by atoms with Gasteiger partial charge in [-0.25, -0.2) is 14.2 Å². The number of hydrogen-bond donors (Lipinski definition) is 0. The summed E-state index contributed by atoms with van der Waals surface area (Å²) < 4.78 is 28.5. The molecule has 0 radical (unpaired) electrons. The lowest BCUT2D eigenvalue weighted by Crippen LogP contribution is -2.40. The van der Waals surface area contributed by atoms with Gasteiger partial charge in [0.25, 0.3) is 5.56 Å². The second kappa shape index (κ2) is 10.7. The van der Waals surface area contributed by atoms with Gasteiger partial charge in [-0.15, -0.1) is 0 Å². The summed E-state index contributed by atoms with van der Waals surface area (Å²) in [5.74, 6) is -0.139. The molecule has 0 bridgehead atoms. The van der Waals surface area contributed by atoms with E-state index in [0.717, 1.165) is 28.2 Å². The van der Waals surface area contributed by atoms with Gasteiger partial charge in [-0.1, -0.05) is 23.5 Å². The highest BCUT2D eigenvalue weighted by Crippen LogP contribution is 2.32. The standard InChI is InChI=1S/C31H30FN3O4S/c1-17(2)39-30(37)27-19(4)33-31-35(28(27)21-7-13-25(38-6)14-8-21)29(36)26(40-31)16-22-15-18(3)34(20(22)5)24-11-9-23(32)10-12-24/h7-17,28H,1-6H3. The maximum atomic E-state index is 14.0. The fourth-order valence-electron chi connectivity index (χ4n) is 5.02. The van der Waals surface area contributed by atoms with Crippen LogP contribution in [0.3, 0.4) is 0 Å². The highest BCUT2D eigenvalue weighted by atomic mass is 32.1. The molecule has 4 aromatic rings. The molecule has 0 aliphatic carbocycles. The number of aromatic nitrogens is 2. The van der Waals surface area contributed by atoms with E-state index in [4.69, 9.17) is 9.47 Å². The van der Waals surface area contributed by atoms with Crippen molar-refractivity contribution in [2.24, 2.45) is 4.99 Å². The summed E-state index contributed by atoms with van der Waals surface area (Å²) in [5, 5.41) is 0. The van der Waals surface area contributed by atoms with E-state index in [1.54, 1.807) is 56.7 Å². The van der Waals surface area contributed by atoms with Gasteiger partial charge in [0, 0.05) is 17.1 Å². The average Bonchev–Trinajstić information content (AvgIpc) is 3.37. The second-order valence-electron chi connectivity index (χ2n) is 9.95. The number of benzene rings is 2. The van der Waals surface area contributed by atoms with Crippen molar-refractivity contribution in [1.29, 1.82) is 0 Å². The summed E-state index contributed by atoms with van der Waals surface area (Å²) in [4.78, 5) is 32.4. The lowest BCUT2D eigenvalue weighted by atomic mass is 9.96. The van der Waals surface area contributed by atoms with Gasteiger partial charge >= 0.3 is 5.97 Å². The third-order valence-electron chi connectivity index (χ3n) is 6.86. The molecule has 7 nitrogen and oxygen atoms in total. The number of rotatable bonds is 6. The minimum atomic E-state index is -0.706. The zero-order valence-electron chi connectivity index (χ0n) is 23.2. The predicted octanol–water partition coefficient (Wildman–Crippen LogP) is 4.74. The predicted molar refractivity (Wildman–Crippen MR) is 153 cm³/mol. The molecule has 0 amide bonds. The Hall–Kier alpha value is -4.24. The van der Waals surface area contributed by atoms with E-state index in [0.29, 0.717) is 26.4 Å². The van der Waals surface area contributed by atoms with Crippen LogP contribution >= 0.6 is 11.3 Å². The molecule has 0 N–H and O–H groups in total. The van der Waals surface area contributed by atoms with Crippen molar-refractivity contribution in [2.45, 2.75) is 46.8 Å². The summed E-state index contributed by atoms with van der Waals surface area (Å²) in [7, 11) is 1.58. The van der Waals surface area contributed by atoms with Crippen molar-refractivity contribution < 1.29 is 18.7 Å². The van der Waals surface area contributed by atoms with E-state index in [-0.39, 0.29) is 17.5 Å². The summed E-state index contributed by atoms with van der Waals surface area (Å²) >= 11 is 1.27. The molecule has 1 aliphatic heterocycles. The van der Waals surface area contributed by atoms with E-state index in [2.05, 4.69) is 4.99 Å². The minimum absolute atomic E-state index is 0.251. The van der Waals surface area contributed by atoms with Gasteiger partial charge in [0.05, 0.1) is 35.1 Å². The van der Waals surface area contributed by atoms with Crippen LogP contribution in [0.1, 0.15) is 49.3 Å². The van der Waals surface area contributed by atoms with Gasteiger partial charge in [-0.05, 0) is 94.3 Å². The van der Waals surface area contributed by atoms with E-state index in [1.807, 2.05) is 42.7 Å². The maximum Gasteiger partial charge on any atom is 0.338 e. The molecule has 0 spiro atoms. The Morgan fingerprint density at radius 2 is 1.75 bits per heavy atom. The van der Waals surface area contributed by atoms with Crippen molar-refractivity contribution in [2.75, 3.05) is 7.11 Å². The molecule has 0 saturated heterocycles. The van der Waals surface area contributed by atoms with Crippen LogP contribution in [-0.4, -0.2) is 28.3 Å². The molecule has 3 heterocycles. The van der Waals surface area contributed by atoms with Gasteiger partial charge in [0.15, 0.2) is 4.80 Å². The van der Waals surface area contributed by atoms with E-state index < -0.39 is 12.0 Å². The highest BCUT2D eigenvalue weighted by Gasteiger charge is 2.33.